The van der Waals surface area contributed by atoms with E-state index in [9.17, 15) is 9.90 Å². The summed E-state index contributed by atoms with van der Waals surface area (Å²) in [6.07, 6.45) is 9.49. The molecule has 1 aliphatic rings. The number of carboxylic acids is 1. The molecule has 17 heavy (non-hydrogen) atoms. The molecule has 0 spiro atoms. The van der Waals surface area contributed by atoms with Crippen molar-refractivity contribution in [2.45, 2.75) is 78.6 Å². The third kappa shape index (κ3) is 4.01. The predicted molar refractivity (Wildman–Crippen MR) is 71.1 cm³/mol. The first-order chi connectivity index (χ1) is 7.92. The van der Waals surface area contributed by atoms with Gasteiger partial charge in [0.1, 0.15) is 0 Å². The SMILES string of the molecule is CCCCCCC1(C(=O)O)CCC(C)(C)CC1. The quantitative estimate of drug-likeness (QED) is 0.687. The van der Waals surface area contributed by atoms with Crippen molar-refractivity contribution in [1.82, 2.24) is 0 Å². The second-order valence-electron chi connectivity index (χ2n) is 6.56. The summed E-state index contributed by atoms with van der Waals surface area (Å²) in [6, 6.07) is 0. The molecule has 0 aromatic carbocycles. The molecule has 2 heteroatoms. The predicted octanol–water partition coefficient (Wildman–Crippen LogP) is 4.63. The summed E-state index contributed by atoms with van der Waals surface area (Å²) in [5, 5.41) is 9.52. The molecule has 0 atom stereocenters. The normalized spacial score (nSPS) is 22.3. The molecule has 2 nitrogen and oxygen atoms in total. The summed E-state index contributed by atoms with van der Waals surface area (Å²) in [7, 11) is 0. The van der Waals surface area contributed by atoms with Crippen LogP contribution in [0.2, 0.25) is 0 Å². The first-order valence-corrected chi connectivity index (χ1v) is 7.15. The molecule has 0 aromatic heterocycles. The minimum atomic E-state index is -0.551. The van der Waals surface area contributed by atoms with Crippen LogP contribution in [0.1, 0.15) is 78.6 Å². The van der Waals surface area contributed by atoms with Crippen molar-refractivity contribution in [3.05, 3.63) is 0 Å². The Bertz CT molecular complexity index is 246. The fourth-order valence-corrected chi connectivity index (χ4v) is 2.87. The zero-order chi connectivity index (χ0) is 12.9. The third-order valence-electron chi connectivity index (χ3n) is 4.52. The number of aliphatic carboxylic acids is 1. The van der Waals surface area contributed by atoms with Gasteiger partial charge in [-0.25, -0.2) is 0 Å². The first-order valence-electron chi connectivity index (χ1n) is 7.15. The Labute approximate surface area is 106 Å². The van der Waals surface area contributed by atoms with E-state index in [1.54, 1.807) is 0 Å². The summed E-state index contributed by atoms with van der Waals surface area (Å²) in [5.41, 5.74) is -0.0500. The van der Waals surface area contributed by atoms with Gasteiger partial charge in [0.25, 0.3) is 0 Å². The molecule has 0 radical (unpaired) electrons. The molecule has 1 aliphatic carbocycles. The topological polar surface area (TPSA) is 37.3 Å². The number of rotatable bonds is 6. The Morgan fingerprint density at radius 2 is 1.65 bits per heavy atom. The molecule has 100 valence electrons. The minimum absolute atomic E-state index is 0.350. The summed E-state index contributed by atoms with van der Waals surface area (Å²) in [6.45, 7) is 6.71. The Hall–Kier alpha value is -0.530. The van der Waals surface area contributed by atoms with Gasteiger partial charge in [0.15, 0.2) is 0 Å². The molecule has 1 N–H and O–H groups in total. The number of hydrogen-bond donors (Lipinski definition) is 1. The van der Waals surface area contributed by atoms with Crippen LogP contribution in [0.25, 0.3) is 0 Å². The molecule has 1 saturated carbocycles. The highest BCUT2D eigenvalue weighted by atomic mass is 16.4. The fraction of sp³-hybridized carbons (Fsp3) is 0.933. The minimum Gasteiger partial charge on any atom is -0.481 e. The van der Waals surface area contributed by atoms with Crippen molar-refractivity contribution in [1.29, 1.82) is 0 Å². The zero-order valence-corrected chi connectivity index (χ0v) is 11.7. The van der Waals surface area contributed by atoms with Crippen molar-refractivity contribution in [2.24, 2.45) is 10.8 Å². The van der Waals surface area contributed by atoms with E-state index in [1.165, 1.54) is 19.3 Å². The molecule has 1 rings (SSSR count). The van der Waals surface area contributed by atoms with E-state index in [0.29, 0.717) is 5.41 Å². The monoisotopic (exact) mass is 240 g/mol. The number of hydrogen-bond acceptors (Lipinski definition) is 1. The Morgan fingerprint density at radius 1 is 1.06 bits per heavy atom. The Kier molecular flexibility index (Phi) is 5.03. The van der Waals surface area contributed by atoms with Crippen molar-refractivity contribution >= 4 is 5.97 Å². The van der Waals surface area contributed by atoms with Gasteiger partial charge in [-0.15, -0.1) is 0 Å². The highest BCUT2D eigenvalue weighted by molar-refractivity contribution is 5.74. The standard InChI is InChI=1S/C15H28O2/c1-4-5-6-7-8-15(13(16)17)11-9-14(2,3)10-12-15/h4-12H2,1-3H3,(H,16,17). The number of carboxylic acid groups (broad SMARTS) is 1. The van der Waals surface area contributed by atoms with Gasteiger partial charge < -0.3 is 5.11 Å². The average Bonchev–Trinajstić information content (AvgIpc) is 2.26. The van der Waals surface area contributed by atoms with Gasteiger partial charge in [0.2, 0.25) is 0 Å². The van der Waals surface area contributed by atoms with E-state index in [4.69, 9.17) is 0 Å². The number of carbonyl (C=O) groups is 1. The van der Waals surface area contributed by atoms with Crippen LogP contribution >= 0.6 is 0 Å². The Morgan fingerprint density at radius 3 is 2.12 bits per heavy atom. The van der Waals surface area contributed by atoms with Gasteiger partial charge >= 0.3 is 5.97 Å². The molecular formula is C15H28O2. The van der Waals surface area contributed by atoms with Gasteiger partial charge in [-0.2, -0.15) is 0 Å². The highest BCUT2D eigenvalue weighted by Gasteiger charge is 2.43. The maximum Gasteiger partial charge on any atom is 0.309 e. The van der Waals surface area contributed by atoms with Gasteiger partial charge in [0, 0.05) is 0 Å². The summed E-state index contributed by atoms with van der Waals surface area (Å²) < 4.78 is 0. The summed E-state index contributed by atoms with van der Waals surface area (Å²) in [5.74, 6) is -0.551. The van der Waals surface area contributed by atoms with E-state index >= 15 is 0 Å². The molecule has 0 heterocycles. The fourth-order valence-electron chi connectivity index (χ4n) is 2.87. The van der Waals surface area contributed by atoms with Crippen LogP contribution < -0.4 is 0 Å². The molecule has 0 amide bonds. The molecule has 0 aliphatic heterocycles. The van der Waals surface area contributed by atoms with Crippen LogP contribution in [0, 0.1) is 10.8 Å². The van der Waals surface area contributed by atoms with E-state index in [-0.39, 0.29) is 0 Å². The summed E-state index contributed by atoms with van der Waals surface area (Å²) in [4.78, 5) is 11.6. The van der Waals surface area contributed by atoms with Crippen LogP contribution in [-0.4, -0.2) is 11.1 Å². The van der Waals surface area contributed by atoms with E-state index in [0.717, 1.165) is 38.5 Å². The highest BCUT2D eigenvalue weighted by Crippen LogP contribution is 2.47. The van der Waals surface area contributed by atoms with Crippen molar-refractivity contribution < 1.29 is 9.90 Å². The molecule has 0 unspecified atom stereocenters. The molecule has 1 fully saturated rings. The smallest absolute Gasteiger partial charge is 0.309 e. The zero-order valence-electron chi connectivity index (χ0n) is 11.7. The van der Waals surface area contributed by atoms with Crippen LogP contribution in [0.4, 0.5) is 0 Å². The average molecular weight is 240 g/mol. The largest absolute Gasteiger partial charge is 0.481 e. The van der Waals surface area contributed by atoms with Crippen LogP contribution in [0.5, 0.6) is 0 Å². The lowest BCUT2D eigenvalue weighted by atomic mass is 9.63. The molecule has 0 saturated heterocycles. The van der Waals surface area contributed by atoms with E-state index in [1.807, 2.05) is 0 Å². The van der Waals surface area contributed by atoms with E-state index < -0.39 is 11.4 Å². The number of unbranched alkanes of at least 4 members (excludes halogenated alkanes) is 3. The van der Waals surface area contributed by atoms with Gasteiger partial charge in [-0.1, -0.05) is 46.5 Å². The summed E-state index contributed by atoms with van der Waals surface area (Å²) >= 11 is 0. The van der Waals surface area contributed by atoms with Crippen molar-refractivity contribution in [2.75, 3.05) is 0 Å². The Balaban J connectivity index is 2.50. The van der Waals surface area contributed by atoms with Gasteiger partial charge in [-0.05, 0) is 37.5 Å². The lowest BCUT2D eigenvalue weighted by molar-refractivity contribution is -0.153. The lowest BCUT2D eigenvalue weighted by Gasteiger charge is -2.41. The van der Waals surface area contributed by atoms with Crippen molar-refractivity contribution in [3.63, 3.8) is 0 Å². The lowest BCUT2D eigenvalue weighted by Crippen LogP contribution is -2.37. The molecule has 0 aromatic rings. The van der Waals surface area contributed by atoms with Crippen LogP contribution in [0.15, 0.2) is 0 Å². The second-order valence-corrected chi connectivity index (χ2v) is 6.56. The van der Waals surface area contributed by atoms with Crippen LogP contribution in [0.3, 0.4) is 0 Å². The maximum atomic E-state index is 11.6. The van der Waals surface area contributed by atoms with Gasteiger partial charge in [0.05, 0.1) is 5.41 Å². The van der Waals surface area contributed by atoms with E-state index in [2.05, 4.69) is 20.8 Å². The first kappa shape index (κ1) is 14.5. The van der Waals surface area contributed by atoms with Gasteiger partial charge in [-0.3, -0.25) is 4.79 Å². The maximum absolute atomic E-state index is 11.6. The third-order valence-corrected chi connectivity index (χ3v) is 4.52. The second kappa shape index (κ2) is 5.88. The molecule has 0 bridgehead atoms. The molecular weight excluding hydrogens is 212 g/mol. The van der Waals surface area contributed by atoms with Crippen LogP contribution in [-0.2, 0) is 4.79 Å². The van der Waals surface area contributed by atoms with Crippen molar-refractivity contribution in [3.8, 4) is 0 Å².